The van der Waals surface area contributed by atoms with E-state index in [0.717, 1.165) is 0 Å². The van der Waals surface area contributed by atoms with Crippen LogP contribution in [0.15, 0.2) is 66.7 Å². The molecule has 0 amide bonds. The Hall–Kier alpha value is -2.44. The van der Waals surface area contributed by atoms with Gasteiger partial charge in [0.05, 0.1) is 0 Å². The van der Waals surface area contributed by atoms with Crippen molar-refractivity contribution in [3.05, 3.63) is 76.8 Å². The van der Waals surface area contributed by atoms with Crippen LogP contribution in [0.5, 0.6) is 28.7 Å². The summed E-state index contributed by atoms with van der Waals surface area (Å²) in [5, 5.41) is 14.5. The third kappa shape index (κ3) is 7.64. The molecule has 0 radical (unpaired) electrons. The summed E-state index contributed by atoms with van der Waals surface area (Å²) in [4.78, 5) is 0. The van der Waals surface area contributed by atoms with Crippen LogP contribution in [0.4, 0.5) is 0 Å². The molecule has 3 aromatic carbocycles. The number of benzene rings is 3. The average molecular weight is 462 g/mol. The molecule has 5 nitrogen and oxygen atoms in total. The summed E-state index contributed by atoms with van der Waals surface area (Å²) >= 11 is 11.9. The number of hydrogen-bond donors (Lipinski definition) is 2. The predicted molar refractivity (Wildman–Crippen MR) is 124 cm³/mol. The monoisotopic (exact) mass is 461 g/mol. The quantitative estimate of drug-likeness (QED) is 0.370. The minimum absolute atomic E-state index is 0.150. The lowest BCUT2D eigenvalue weighted by Gasteiger charge is -2.17. The van der Waals surface area contributed by atoms with Crippen molar-refractivity contribution in [2.24, 2.45) is 0 Å². The van der Waals surface area contributed by atoms with Crippen molar-refractivity contribution in [3.8, 4) is 28.7 Å². The second kappa shape index (κ2) is 11.3. The van der Waals surface area contributed by atoms with Crippen LogP contribution in [0.2, 0.25) is 10.0 Å². The summed E-state index contributed by atoms with van der Waals surface area (Å²) in [6, 6.07) is 19.6. The molecular formula is C24H25Cl2NO4. The first-order chi connectivity index (χ1) is 14.9. The van der Waals surface area contributed by atoms with Gasteiger partial charge in [-0.2, -0.15) is 0 Å². The second-order valence-electron chi connectivity index (χ2n) is 7.25. The smallest absolute Gasteiger partial charge is 0.173 e. The van der Waals surface area contributed by atoms with E-state index in [9.17, 15) is 5.11 Å². The molecule has 0 aliphatic rings. The molecule has 7 heteroatoms. The van der Waals surface area contributed by atoms with Gasteiger partial charge in [-0.15, -0.1) is 0 Å². The van der Waals surface area contributed by atoms with Crippen LogP contribution in [-0.2, 0) is 0 Å². The molecule has 3 aromatic rings. The van der Waals surface area contributed by atoms with Gasteiger partial charge in [-0.3, -0.25) is 0 Å². The number of halogens is 2. The van der Waals surface area contributed by atoms with Gasteiger partial charge in [-0.25, -0.2) is 0 Å². The first-order valence-electron chi connectivity index (χ1n) is 9.94. The number of aliphatic hydroxyl groups excluding tert-OH is 1. The molecule has 0 bridgehead atoms. The molecule has 0 fully saturated rings. The molecule has 3 rings (SSSR count). The van der Waals surface area contributed by atoms with Crippen molar-refractivity contribution in [2.75, 3.05) is 13.2 Å². The largest absolute Gasteiger partial charge is 0.491 e. The van der Waals surface area contributed by atoms with Gasteiger partial charge in [-0.05, 0) is 60.7 Å². The van der Waals surface area contributed by atoms with Gasteiger partial charge in [-0.1, -0.05) is 37.0 Å². The summed E-state index contributed by atoms with van der Waals surface area (Å²) in [5.74, 6) is 2.74. The van der Waals surface area contributed by atoms with E-state index in [1.807, 2.05) is 13.8 Å². The van der Waals surface area contributed by atoms with Crippen LogP contribution in [0.3, 0.4) is 0 Å². The minimum Gasteiger partial charge on any atom is -0.491 e. The molecule has 0 saturated heterocycles. The van der Waals surface area contributed by atoms with Crippen LogP contribution < -0.4 is 19.5 Å². The first-order valence-corrected chi connectivity index (χ1v) is 10.7. The molecule has 0 saturated carbocycles. The van der Waals surface area contributed by atoms with E-state index in [1.165, 1.54) is 0 Å². The molecule has 2 N–H and O–H groups in total. The Kier molecular flexibility index (Phi) is 8.43. The molecule has 31 heavy (non-hydrogen) atoms. The van der Waals surface area contributed by atoms with Gasteiger partial charge in [0.15, 0.2) is 11.5 Å². The summed E-state index contributed by atoms with van der Waals surface area (Å²) in [6.45, 7) is 4.64. The van der Waals surface area contributed by atoms with E-state index < -0.39 is 6.10 Å². The highest BCUT2D eigenvalue weighted by atomic mass is 35.5. The van der Waals surface area contributed by atoms with Gasteiger partial charge in [0.2, 0.25) is 0 Å². The molecule has 0 aliphatic carbocycles. The van der Waals surface area contributed by atoms with E-state index in [4.69, 9.17) is 37.4 Å². The Morgan fingerprint density at radius 2 is 1.29 bits per heavy atom. The van der Waals surface area contributed by atoms with Crippen molar-refractivity contribution in [3.63, 3.8) is 0 Å². The number of rotatable bonds is 10. The second-order valence-corrected chi connectivity index (χ2v) is 8.12. The fourth-order valence-electron chi connectivity index (χ4n) is 2.62. The van der Waals surface area contributed by atoms with Crippen LogP contribution >= 0.6 is 23.2 Å². The topological polar surface area (TPSA) is 60.0 Å². The summed E-state index contributed by atoms with van der Waals surface area (Å²) in [6.07, 6.45) is -0.631. The van der Waals surface area contributed by atoms with E-state index in [1.54, 1.807) is 66.7 Å². The average Bonchev–Trinajstić information content (AvgIpc) is 2.75. The maximum absolute atomic E-state index is 10.1. The highest BCUT2D eigenvalue weighted by Gasteiger charge is 2.12. The predicted octanol–water partition coefficient (Wildman–Crippen LogP) is 6.32. The lowest BCUT2D eigenvalue weighted by molar-refractivity contribution is 0.104. The highest BCUT2D eigenvalue weighted by Crippen LogP contribution is 2.38. The fraction of sp³-hybridized carbons (Fsp3) is 0.250. The molecule has 0 spiro atoms. The van der Waals surface area contributed by atoms with Gasteiger partial charge in [0.1, 0.15) is 30.0 Å². The zero-order chi connectivity index (χ0) is 22.2. The van der Waals surface area contributed by atoms with Crippen LogP contribution in [0, 0.1) is 0 Å². The zero-order valence-corrected chi connectivity index (χ0v) is 18.9. The lowest BCUT2D eigenvalue weighted by atomic mass is 10.2. The first kappa shape index (κ1) is 23.2. The van der Waals surface area contributed by atoms with E-state index >= 15 is 0 Å². The van der Waals surface area contributed by atoms with Crippen LogP contribution in [0.1, 0.15) is 13.8 Å². The SMILES string of the molecule is CC(C)NC[C@@H](O)COc1ccc(Oc2ccc(Cl)cc2)c(Oc2ccc(Cl)cc2)c1. The third-order valence-electron chi connectivity index (χ3n) is 4.20. The molecule has 164 valence electrons. The van der Waals surface area contributed by atoms with Crippen molar-refractivity contribution in [1.29, 1.82) is 0 Å². The normalized spacial score (nSPS) is 11.9. The molecule has 0 heterocycles. The number of hydrogen-bond acceptors (Lipinski definition) is 5. The number of ether oxygens (including phenoxy) is 3. The summed E-state index contributed by atoms with van der Waals surface area (Å²) < 4.78 is 17.8. The Morgan fingerprint density at radius 1 is 0.774 bits per heavy atom. The summed E-state index contributed by atoms with van der Waals surface area (Å²) in [7, 11) is 0. The van der Waals surface area contributed by atoms with Gasteiger partial charge >= 0.3 is 0 Å². The fourth-order valence-corrected chi connectivity index (χ4v) is 2.88. The maximum Gasteiger partial charge on any atom is 0.173 e. The van der Waals surface area contributed by atoms with Crippen molar-refractivity contribution < 1.29 is 19.3 Å². The third-order valence-corrected chi connectivity index (χ3v) is 4.71. The Balaban J connectivity index is 1.77. The molecular weight excluding hydrogens is 437 g/mol. The number of aliphatic hydroxyl groups is 1. The van der Waals surface area contributed by atoms with Crippen molar-refractivity contribution in [1.82, 2.24) is 5.32 Å². The van der Waals surface area contributed by atoms with E-state index in [-0.39, 0.29) is 6.61 Å². The molecule has 0 aliphatic heterocycles. The molecule has 1 atom stereocenters. The Labute approximate surface area is 192 Å². The standard InChI is InChI=1S/C24H25Cl2NO4/c1-16(2)27-14-19(28)15-29-22-11-12-23(30-20-7-3-17(25)4-8-20)24(13-22)31-21-9-5-18(26)6-10-21/h3-13,16,19,27-28H,14-15H2,1-2H3/t19-/m1/s1. The lowest BCUT2D eigenvalue weighted by Crippen LogP contribution is -2.35. The minimum atomic E-state index is -0.631. The van der Waals surface area contributed by atoms with Crippen LogP contribution in [-0.4, -0.2) is 30.4 Å². The Morgan fingerprint density at radius 3 is 1.84 bits per heavy atom. The maximum atomic E-state index is 10.1. The van der Waals surface area contributed by atoms with Gasteiger partial charge < -0.3 is 24.6 Å². The van der Waals surface area contributed by atoms with Crippen LogP contribution in [0.25, 0.3) is 0 Å². The number of nitrogens with one attached hydrogen (secondary N) is 1. The molecule has 0 unspecified atom stereocenters. The highest BCUT2D eigenvalue weighted by molar-refractivity contribution is 6.30. The van der Waals surface area contributed by atoms with Crippen molar-refractivity contribution >= 4 is 23.2 Å². The van der Waals surface area contributed by atoms with Gasteiger partial charge in [0.25, 0.3) is 0 Å². The van der Waals surface area contributed by atoms with Gasteiger partial charge in [0, 0.05) is 28.7 Å². The van der Waals surface area contributed by atoms with E-state index in [0.29, 0.717) is 51.4 Å². The van der Waals surface area contributed by atoms with E-state index in [2.05, 4.69) is 5.32 Å². The summed E-state index contributed by atoms with van der Waals surface area (Å²) in [5.41, 5.74) is 0. The Bertz CT molecular complexity index is 962. The van der Waals surface area contributed by atoms with Crippen molar-refractivity contribution in [2.45, 2.75) is 26.0 Å². The molecule has 0 aromatic heterocycles. The zero-order valence-electron chi connectivity index (χ0n) is 17.3.